The Balaban J connectivity index is 1.30. The molecule has 178 valence electrons. The maximum atomic E-state index is 11.6. The maximum absolute atomic E-state index is 11.6. The molecule has 3 aromatic heterocycles. The average Bonchev–Trinajstić information content (AvgIpc) is 3.39. The Hall–Kier alpha value is -3.85. The van der Waals surface area contributed by atoms with E-state index in [1.807, 2.05) is 36.4 Å². The second-order valence-corrected chi connectivity index (χ2v) is 9.53. The molecule has 0 unspecified atom stereocenters. The molecule has 0 aliphatic heterocycles. The fourth-order valence-corrected chi connectivity index (χ4v) is 5.30. The minimum Gasteiger partial charge on any atom is -0.366 e. The summed E-state index contributed by atoms with van der Waals surface area (Å²) in [6.45, 7) is 0.517. The van der Waals surface area contributed by atoms with Gasteiger partial charge in [-0.2, -0.15) is 0 Å². The van der Waals surface area contributed by atoms with Crippen molar-refractivity contribution in [2.45, 2.75) is 44.6 Å². The van der Waals surface area contributed by atoms with Crippen molar-refractivity contribution in [3.63, 3.8) is 0 Å². The van der Waals surface area contributed by atoms with Crippen LogP contribution in [0.25, 0.3) is 11.3 Å². The number of pyridine rings is 2. The molecule has 35 heavy (non-hydrogen) atoms. The summed E-state index contributed by atoms with van der Waals surface area (Å²) in [4.78, 5) is 24.6. The Morgan fingerprint density at radius 1 is 1.03 bits per heavy atom. The summed E-state index contributed by atoms with van der Waals surface area (Å²) in [5.41, 5.74) is 3.64. The third-order valence-electron chi connectivity index (χ3n) is 6.19. The van der Waals surface area contributed by atoms with Crippen molar-refractivity contribution in [2.75, 3.05) is 10.6 Å². The Labute approximate surface area is 207 Å². The van der Waals surface area contributed by atoms with Gasteiger partial charge in [0.1, 0.15) is 5.82 Å². The van der Waals surface area contributed by atoms with E-state index < -0.39 is 4.92 Å². The Morgan fingerprint density at radius 2 is 1.86 bits per heavy atom. The van der Waals surface area contributed by atoms with Crippen LogP contribution >= 0.6 is 11.3 Å². The predicted octanol–water partition coefficient (Wildman–Crippen LogP) is 6.91. The molecule has 9 heteroatoms. The molecule has 2 N–H and O–H groups in total. The highest BCUT2D eigenvalue weighted by molar-refractivity contribution is 7.10. The van der Waals surface area contributed by atoms with Crippen LogP contribution in [0.1, 0.15) is 48.6 Å². The van der Waals surface area contributed by atoms with E-state index in [-0.39, 0.29) is 11.5 Å². The fourth-order valence-electron chi connectivity index (χ4n) is 4.30. The Kier molecular flexibility index (Phi) is 6.94. The smallest absolute Gasteiger partial charge is 0.311 e. The van der Waals surface area contributed by atoms with Crippen molar-refractivity contribution in [1.82, 2.24) is 15.0 Å². The first-order valence-corrected chi connectivity index (χ1v) is 12.6. The van der Waals surface area contributed by atoms with Crippen LogP contribution in [0.2, 0.25) is 0 Å². The molecule has 0 atom stereocenters. The summed E-state index contributed by atoms with van der Waals surface area (Å²) in [5, 5.41) is 21.2. The van der Waals surface area contributed by atoms with Gasteiger partial charge in [0.15, 0.2) is 0 Å². The van der Waals surface area contributed by atoms with E-state index in [1.54, 1.807) is 29.8 Å². The van der Waals surface area contributed by atoms with Gasteiger partial charge in [-0.25, -0.2) is 9.97 Å². The molecule has 0 bridgehead atoms. The third-order valence-corrected chi connectivity index (χ3v) is 7.19. The summed E-state index contributed by atoms with van der Waals surface area (Å²) in [5.74, 6) is 1.32. The highest BCUT2D eigenvalue weighted by Crippen LogP contribution is 2.36. The normalized spacial score (nSPS) is 13.9. The lowest BCUT2D eigenvalue weighted by atomic mass is 9.90. The van der Waals surface area contributed by atoms with E-state index in [0.717, 1.165) is 22.5 Å². The number of hydrogen-bond acceptors (Lipinski definition) is 8. The van der Waals surface area contributed by atoms with Gasteiger partial charge in [-0.15, -0.1) is 11.3 Å². The van der Waals surface area contributed by atoms with Crippen LogP contribution in [0.3, 0.4) is 0 Å². The van der Waals surface area contributed by atoms with Gasteiger partial charge in [0.05, 0.1) is 15.6 Å². The molecule has 0 amide bonds. The number of thiazole rings is 1. The fraction of sp³-hybridized carbons (Fsp3) is 0.269. The number of hydrogen-bond donors (Lipinski definition) is 2. The zero-order valence-corrected chi connectivity index (χ0v) is 20.0. The van der Waals surface area contributed by atoms with E-state index >= 15 is 0 Å². The van der Waals surface area contributed by atoms with Crippen LogP contribution in [-0.2, 0) is 6.54 Å². The minimum atomic E-state index is -0.434. The van der Waals surface area contributed by atoms with E-state index in [0.29, 0.717) is 18.3 Å². The van der Waals surface area contributed by atoms with Gasteiger partial charge in [0.2, 0.25) is 5.82 Å². The van der Waals surface area contributed by atoms with Crippen LogP contribution in [0.15, 0.2) is 66.3 Å². The van der Waals surface area contributed by atoms with Crippen molar-refractivity contribution < 1.29 is 4.92 Å². The number of nitrogens with zero attached hydrogens (tertiary/aromatic N) is 4. The highest BCUT2D eigenvalue weighted by atomic mass is 32.1. The van der Waals surface area contributed by atoms with Crippen molar-refractivity contribution in [2.24, 2.45) is 0 Å². The van der Waals surface area contributed by atoms with E-state index in [1.165, 1.54) is 43.2 Å². The maximum Gasteiger partial charge on any atom is 0.311 e. The number of aromatic nitrogens is 3. The molecular weight excluding hydrogens is 460 g/mol. The summed E-state index contributed by atoms with van der Waals surface area (Å²) < 4.78 is 0. The van der Waals surface area contributed by atoms with Gasteiger partial charge in [-0.3, -0.25) is 15.1 Å². The predicted molar refractivity (Wildman–Crippen MR) is 139 cm³/mol. The molecular formula is C26H26N6O2S. The van der Waals surface area contributed by atoms with Gasteiger partial charge >= 0.3 is 5.69 Å². The zero-order valence-electron chi connectivity index (χ0n) is 19.2. The molecule has 8 nitrogen and oxygen atoms in total. The third kappa shape index (κ3) is 5.63. The molecule has 0 saturated heterocycles. The lowest BCUT2D eigenvalue weighted by Crippen LogP contribution is -2.05. The first-order valence-electron chi connectivity index (χ1n) is 11.8. The first kappa shape index (κ1) is 22.9. The van der Waals surface area contributed by atoms with Crippen molar-refractivity contribution in [3.05, 3.63) is 87.0 Å². The number of nitrogens with one attached hydrogen (secondary N) is 2. The van der Waals surface area contributed by atoms with Gasteiger partial charge in [0, 0.05) is 47.6 Å². The lowest BCUT2D eigenvalue weighted by molar-refractivity contribution is -0.384. The molecule has 1 aliphatic rings. The van der Waals surface area contributed by atoms with E-state index in [4.69, 9.17) is 4.98 Å². The van der Waals surface area contributed by atoms with Gasteiger partial charge in [-0.1, -0.05) is 37.5 Å². The first-order chi connectivity index (χ1) is 17.2. The SMILES string of the molecule is O=[N+]([O-])c1ccc(NCc2cccnc2)nc1Nc1ccc(-c2csc(C3CCCCC3)n2)cc1. The molecule has 1 saturated carbocycles. The van der Waals surface area contributed by atoms with Gasteiger partial charge in [-0.05, 0) is 42.7 Å². The molecule has 4 aromatic rings. The molecule has 1 fully saturated rings. The average molecular weight is 487 g/mol. The van der Waals surface area contributed by atoms with Crippen LogP contribution < -0.4 is 10.6 Å². The topological polar surface area (TPSA) is 106 Å². The Morgan fingerprint density at radius 3 is 2.60 bits per heavy atom. The number of anilines is 3. The number of rotatable bonds is 8. The van der Waals surface area contributed by atoms with Crippen molar-refractivity contribution in [1.29, 1.82) is 0 Å². The monoisotopic (exact) mass is 486 g/mol. The van der Waals surface area contributed by atoms with Crippen LogP contribution in [-0.4, -0.2) is 19.9 Å². The molecule has 3 heterocycles. The molecule has 1 aromatic carbocycles. The minimum absolute atomic E-state index is 0.0855. The lowest BCUT2D eigenvalue weighted by Gasteiger charge is -2.18. The number of nitro groups is 1. The summed E-state index contributed by atoms with van der Waals surface area (Å²) in [7, 11) is 0. The van der Waals surface area contributed by atoms with Gasteiger partial charge in [0.25, 0.3) is 0 Å². The zero-order chi connectivity index (χ0) is 24.0. The van der Waals surface area contributed by atoms with E-state index in [2.05, 4.69) is 26.0 Å². The van der Waals surface area contributed by atoms with Crippen LogP contribution in [0, 0.1) is 10.1 Å². The molecule has 0 radical (unpaired) electrons. The molecule has 0 spiro atoms. The van der Waals surface area contributed by atoms with Crippen LogP contribution in [0.5, 0.6) is 0 Å². The van der Waals surface area contributed by atoms with E-state index in [9.17, 15) is 10.1 Å². The molecule has 1 aliphatic carbocycles. The summed E-state index contributed by atoms with van der Waals surface area (Å²) in [6, 6.07) is 14.6. The standard InChI is InChI=1S/C26H26N6O2S/c33-32(34)23-12-13-24(28-16-18-5-4-14-27-15-18)31-25(23)29-21-10-8-19(9-11-21)22-17-35-26(30-22)20-6-2-1-3-7-20/h4-5,8-15,17,20H,1-3,6-7,16H2,(H2,28,29,31). The highest BCUT2D eigenvalue weighted by Gasteiger charge is 2.19. The Bertz CT molecular complexity index is 1290. The summed E-state index contributed by atoms with van der Waals surface area (Å²) in [6.07, 6.45) is 9.86. The summed E-state index contributed by atoms with van der Waals surface area (Å²) >= 11 is 1.74. The van der Waals surface area contributed by atoms with Crippen molar-refractivity contribution in [3.8, 4) is 11.3 Å². The van der Waals surface area contributed by atoms with Gasteiger partial charge < -0.3 is 10.6 Å². The quantitative estimate of drug-likeness (QED) is 0.206. The second-order valence-electron chi connectivity index (χ2n) is 8.64. The van der Waals surface area contributed by atoms with Crippen molar-refractivity contribution >= 4 is 34.3 Å². The molecule has 5 rings (SSSR count). The largest absolute Gasteiger partial charge is 0.366 e. The van der Waals surface area contributed by atoms with Crippen LogP contribution in [0.4, 0.5) is 23.0 Å². The second kappa shape index (κ2) is 10.6. The number of benzene rings is 1.